The number of carbonyl (C=O) groups excluding carboxylic acids is 1. The number of thioether (sulfide) groups is 1. The van der Waals surface area contributed by atoms with Crippen LogP contribution >= 0.6 is 11.8 Å². The molecule has 3 N–H and O–H groups in total. The van der Waals surface area contributed by atoms with E-state index in [-0.39, 0.29) is 17.1 Å². The van der Waals surface area contributed by atoms with Gasteiger partial charge in [0.15, 0.2) is 5.17 Å². The average molecular weight is 419 g/mol. The van der Waals surface area contributed by atoms with Crippen LogP contribution in [0, 0.1) is 5.92 Å². The Morgan fingerprint density at radius 2 is 1.86 bits per heavy atom. The molecule has 5 unspecified atom stereocenters. The van der Waals surface area contributed by atoms with E-state index in [1.165, 1.54) is 18.2 Å². The van der Waals surface area contributed by atoms with Gasteiger partial charge in [-0.3, -0.25) is 9.79 Å². The first-order valence-corrected chi connectivity index (χ1v) is 11.3. The first-order valence-electron chi connectivity index (χ1n) is 10.4. The average Bonchev–Trinajstić information content (AvgIpc) is 3.15. The van der Waals surface area contributed by atoms with Crippen molar-refractivity contribution >= 4 is 34.2 Å². The molecule has 29 heavy (non-hydrogen) atoms. The van der Waals surface area contributed by atoms with Crippen molar-refractivity contribution in [3.63, 3.8) is 0 Å². The Morgan fingerprint density at radius 3 is 2.52 bits per heavy atom. The third-order valence-corrected chi connectivity index (χ3v) is 7.42. The number of aliphatic imine (C=N–C) groups is 1. The van der Waals surface area contributed by atoms with Crippen molar-refractivity contribution in [3.8, 4) is 0 Å². The van der Waals surface area contributed by atoms with Gasteiger partial charge in [0.2, 0.25) is 5.91 Å². The number of fused-ring (bicyclic) bond motifs is 1. The number of nitrogens with zero attached hydrogens (tertiary/aromatic N) is 3. The van der Waals surface area contributed by atoms with Gasteiger partial charge in [-0.2, -0.15) is 0 Å². The molecule has 1 saturated carbocycles. The summed E-state index contributed by atoms with van der Waals surface area (Å²) >= 11 is 1.52. The fourth-order valence-corrected chi connectivity index (χ4v) is 5.78. The number of likely N-dealkylation sites (tertiary alicyclic amines) is 1. The van der Waals surface area contributed by atoms with Crippen LogP contribution in [0.15, 0.2) is 29.3 Å². The van der Waals surface area contributed by atoms with E-state index in [1.807, 2.05) is 48.2 Å². The second kappa shape index (κ2) is 8.53. The Balaban J connectivity index is 1.48. The maximum atomic E-state index is 13.2. The summed E-state index contributed by atoms with van der Waals surface area (Å²) < 4.78 is 0. The maximum Gasteiger partial charge on any atom is 0.226 e. The van der Waals surface area contributed by atoms with E-state index in [1.54, 1.807) is 0 Å². The molecule has 1 saturated heterocycles. The standard InChI is InChI=1S/C21H30N4O3S/c1-24(2)14-8-6-13(7-9-14)22-21-23-17-18(27)16(26)12-15(19(17)29-21)20(28)25-10-4-3-5-11-25/h6-9,15-19,26-27H,3-5,10-12H2,1-2H3,(H,22,23). The van der Waals surface area contributed by atoms with E-state index in [9.17, 15) is 15.0 Å². The molecule has 2 aliphatic heterocycles. The van der Waals surface area contributed by atoms with E-state index in [0.29, 0.717) is 11.6 Å². The molecule has 158 valence electrons. The molecule has 0 aromatic heterocycles. The lowest BCUT2D eigenvalue weighted by atomic mass is 9.80. The molecule has 8 heteroatoms. The van der Waals surface area contributed by atoms with Crippen LogP contribution < -0.4 is 10.2 Å². The zero-order valence-corrected chi connectivity index (χ0v) is 17.8. The Bertz CT molecular complexity index is 764. The Kier molecular flexibility index (Phi) is 6.03. The number of aliphatic hydroxyl groups excluding tert-OH is 2. The number of anilines is 2. The van der Waals surface area contributed by atoms with Gasteiger partial charge in [0.1, 0.15) is 6.10 Å². The number of piperidine rings is 1. The van der Waals surface area contributed by atoms with Gasteiger partial charge in [0.05, 0.1) is 18.1 Å². The van der Waals surface area contributed by atoms with Crippen molar-refractivity contribution in [1.82, 2.24) is 4.90 Å². The molecule has 2 fully saturated rings. The van der Waals surface area contributed by atoms with Crippen molar-refractivity contribution in [1.29, 1.82) is 0 Å². The van der Waals surface area contributed by atoms with Crippen LogP contribution in [0.4, 0.5) is 11.4 Å². The van der Waals surface area contributed by atoms with Crippen molar-refractivity contribution in [3.05, 3.63) is 24.3 Å². The number of hydrogen-bond donors (Lipinski definition) is 3. The number of amides is 1. The minimum absolute atomic E-state index is 0.102. The zero-order valence-electron chi connectivity index (χ0n) is 17.0. The summed E-state index contributed by atoms with van der Waals surface area (Å²) in [5.41, 5.74) is 2.02. The molecule has 1 aliphatic carbocycles. The largest absolute Gasteiger partial charge is 0.390 e. The van der Waals surface area contributed by atoms with Gasteiger partial charge in [-0.1, -0.05) is 11.8 Å². The highest BCUT2D eigenvalue weighted by molar-refractivity contribution is 8.15. The number of hydrogen-bond acceptors (Lipinski definition) is 7. The predicted molar refractivity (Wildman–Crippen MR) is 118 cm³/mol. The summed E-state index contributed by atoms with van der Waals surface area (Å²) in [5.74, 6) is -0.217. The van der Waals surface area contributed by atoms with Gasteiger partial charge in [0.25, 0.3) is 0 Å². The summed E-state index contributed by atoms with van der Waals surface area (Å²) in [4.78, 5) is 21.8. The van der Waals surface area contributed by atoms with Crippen LogP contribution in [0.25, 0.3) is 0 Å². The highest BCUT2D eigenvalue weighted by atomic mass is 32.2. The topological polar surface area (TPSA) is 88.4 Å². The first kappa shape index (κ1) is 20.5. The van der Waals surface area contributed by atoms with E-state index >= 15 is 0 Å². The van der Waals surface area contributed by atoms with Crippen LogP contribution in [0.2, 0.25) is 0 Å². The molecular formula is C21H30N4O3S. The Morgan fingerprint density at radius 1 is 1.17 bits per heavy atom. The molecule has 4 rings (SSSR count). The summed E-state index contributed by atoms with van der Waals surface area (Å²) in [6.07, 6.45) is 1.69. The fraction of sp³-hybridized carbons (Fsp3) is 0.619. The number of nitrogens with one attached hydrogen (secondary N) is 1. The lowest BCUT2D eigenvalue weighted by Crippen LogP contribution is -2.55. The van der Waals surface area contributed by atoms with Gasteiger partial charge in [-0.05, 0) is 49.9 Å². The number of aliphatic hydroxyl groups is 2. The van der Waals surface area contributed by atoms with Crippen LogP contribution in [0.1, 0.15) is 25.7 Å². The summed E-state index contributed by atoms with van der Waals surface area (Å²) in [6.45, 7) is 1.58. The molecule has 1 amide bonds. The second-order valence-electron chi connectivity index (χ2n) is 8.36. The highest BCUT2D eigenvalue weighted by Crippen LogP contribution is 2.42. The van der Waals surface area contributed by atoms with E-state index < -0.39 is 18.2 Å². The Labute approximate surface area is 176 Å². The van der Waals surface area contributed by atoms with Gasteiger partial charge in [-0.25, -0.2) is 0 Å². The van der Waals surface area contributed by atoms with Crippen molar-refractivity contribution in [2.75, 3.05) is 37.4 Å². The third-order valence-electron chi connectivity index (χ3n) is 6.11. The van der Waals surface area contributed by atoms with Crippen LogP contribution in [-0.4, -0.2) is 76.9 Å². The SMILES string of the molecule is CN(C)c1ccc(NC2=NC3C(O)C(O)CC(C(=O)N4CCCCC4)C3S2)cc1. The molecule has 0 spiro atoms. The summed E-state index contributed by atoms with van der Waals surface area (Å²) in [5, 5.41) is 24.8. The second-order valence-corrected chi connectivity index (χ2v) is 9.53. The molecule has 0 radical (unpaired) electrons. The zero-order chi connectivity index (χ0) is 20.5. The number of carbonyl (C=O) groups is 1. The van der Waals surface area contributed by atoms with Crippen molar-refractivity contribution in [2.24, 2.45) is 10.9 Å². The lowest BCUT2D eigenvalue weighted by molar-refractivity contribution is -0.141. The van der Waals surface area contributed by atoms with Gasteiger partial charge in [0, 0.05) is 43.8 Å². The van der Waals surface area contributed by atoms with Crippen LogP contribution in [0.3, 0.4) is 0 Å². The maximum absolute atomic E-state index is 13.2. The molecule has 2 heterocycles. The smallest absolute Gasteiger partial charge is 0.226 e. The molecule has 1 aromatic carbocycles. The number of benzene rings is 1. The quantitative estimate of drug-likeness (QED) is 0.693. The fourth-order valence-electron chi connectivity index (χ4n) is 4.41. The van der Waals surface area contributed by atoms with Gasteiger partial charge < -0.3 is 25.3 Å². The Hall–Kier alpha value is -1.77. The normalized spacial score (nSPS) is 31.8. The van der Waals surface area contributed by atoms with E-state index in [4.69, 9.17) is 0 Å². The summed E-state index contributed by atoms with van der Waals surface area (Å²) in [6, 6.07) is 7.56. The lowest BCUT2D eigenvalue weighted by Gasteiger charge is -2.40. The molecular weight excluding hydrogens is 388 g/mol. The van der Waals surface area contributed by atoms with Gasteiger partial charge >= 0.3 is 0 Å². The number of amidine groups is 1. The van der Waals surface area contributed by atoms with E-state index in [2.05, 4.69) is 10.3 Å². The van der Waals surface area contributed by atoms with Crippen molar-refractivity contribution in [2.45, 2.75) is 49.2 Å². The molecule has 5 atom stereocenters. The molecule has 0 bridgehead atoms. The molecule has 7 nitrogen and oxygen atoms in total. The molecule has 1 aromatic rings. The highest BCUT2D eigenvalue weighted by Gasteiger charge is 2.51. The van der Waals surface area contributed by atoms with Gasteiger partial charge in [-0.15, -0.1) is 0 Å². The minimum Gasteiger partial charge on any atom is -0.390 e. The van der Waals surface area contributed by atoms with Crippen LogP contribution in [0.5, 0.6) is 0 Å². The predicted octanol–water partition coefficient (Wildman–Crippen LogP) is 1.76. The molecule has 3 aliphatic rings. The van der Waals surface area contributed by atoms with Crippen molar-refractivity contribution < 1.29 is 15.0 Å². The van der Waals surface area contributed by atoms with Crippen LogP contribution in [-0.2, 0) is 4.79 Å². The third kappa shape index (κ3) is 4.25. The monoisotopic (exact) mass is 418 g/mol. The minimum atomic E-state index is -0.937. The first-order chi connectivity index (χ1) is 13.9. The summed E-state index contributed by atoms with van der Waals surface area (Å²) in [7, 11) is 3.99. The number of rotatable bonds is 3. The van der Waals surface area contributed by atoms with E-state index in [0.717, 1.165) is 37.3 Å².